The molecule has 0 aliphatic heterocycles. The summed E-state index contributed by atoms with van der Waals surface area (Å²) in [4.78, 5) is 26.4. The van der Waals surface area contributed by atoms with Crippen LogP contribution in [0, 0.1) is 0 Å². The fraction of sp³-hybridized carbons (Fsp3) is 0.348. The van der Waals surface area contributed by atoms with Gasteiger partial charge in [0.05, 0.1) is 11.4 Å². The van der Waals surface area contributed by atoms with Crippen LogP contribution in [-0.2, 0) is 13.1 Å². The van der Waals surface area contributed by atoms with Gasteiger partial charge in [-0.2, -0.15) is 0 Å². The molecule has 0 amide bonds. The van der Waals surface area contributed by atoms with Crippen LogP contribution in [-0.4, -0.2) is 26.9 Å². The van der Waals surface area contributed by atoms with Gasteiger partial charge in [0.2, 0.25) is 0 Å². The molecule has 1 aliphatic carbocycles. The van der Waals surface area contributed by atoms with E-state index in [1.165, 1.54) is 18.4 Å². The Bertz CT molecular complexity index is 960. The van der Waals surface area contributed by atoms with Crippen LogP contribution in [0.15, 0.2) is 59.5 Å². The van der Waals surface area contributed by atoms with Gasteiger partial charge in [-0.15, -0.1) is 0 Å². The first-order valence-electron chi connectivity index (χ1n) is 9.96. The molecule has 0 unspecified atom stereocenters. The number of hydrogen-bond acceptors (Lipinski definition) is 4. The number of rotatable bonds is 6. The molecule has 28 heavy (non-hydrogen) atoms. The maximum atomic E-state index is 12.1. The predicted octanol–water partition coefficient (Wildman–Crippen LogP) is 4.12. The highest BCUT2D eigenvalue weighted by Gasteiger charge is 2.19. The molecule has 0 spiro atoms. The minimum absolute atomic E-state index is 0.0638. The van der Waals surface area contributed by atoms with Gasteiger partial charge in [0, 0.05) is 36.8 Å². The third-order valence-electron chi connectivity index (χ3n) is 5.37. The number of aromatic nitrogens is 3. The number of pyridine rings is 1. The van der Waals surface area contributed by atoms with E-state index in [4.69, 9.17) is 4.98 Å². The highest BCUT2D eigenvalue weighted by atomic mass is 16.1. The van der Waals surface area contributed by atoms with Gasteiger partial charge in [0.1, 0.15) is 5.82 Å². The van der Waals surface area contributed by atoms with Crippen molar-refractivity contribution in [2.45, 2.75) is 44.7 Å². The van der Waals surface area contributed by atoms with Gasteiger partial charge >= 0.3 is 0 Å². The van der Waals surface area contributed by atoms with E-state index < -0.39 is 0 Å². The Morgan fingerprint density at radius 3 is 2.57 bits per heavy atom. The van der Waals surface area contributed by atoms with Gasteiger partial charge < -0.3 is 4.98 Å². The summed E-state index contributed by atoms with van der Waals surface area (Å²) in [7, 11) is 2.09. The molecule has 0 radical (unpaired) electrons. The molecular weight excluding hydrogens is 348 g/mol. The average Bonchev–Trinajstić information content (AvgIpc) is 3.24. The maximum absolute atomic E-state index is 12.1. The second-order valence-electron chi connectivity index (χ2n) is 7.69. The largest absolute Gasteiger partial charge is 0.307 e. The van der Waals surface area contributed by atoms with Crippen molar-refractivity contribution >= 4 is 0 Å². The third kappa shape index (κ3) is 4.54. The third-order valence-corrected chi connectivity index (χ3v) is 5.37. The molecule has 0 bridgehead atoms. The molecule has 0 saturated heterocycles. The monoisotopic (exact) mass is 374 g/mol. The van der Waals surface area contributed by atoms with E-state index in [9.17, 15) is 4.79 Å². The summed E-state index contributed by atoms with van der Waals surface area (Å²) in [6.07, 6.45) is 6.56. The Morgan fingerprint density at radius 2 is 1.86 bits per heavy atom. The van der Waals surface area contributed by atoms with E-state index in [2.05, 4.69) is 34.0 Å². The number of H-pyrrole nitrogens is 1. The fourth-order valence-corrected chi connectivity index (χ4v) is 3.95. The molecule has 4 rings (SSSR count). The Kier molecular flexibility index (Phi) is 5.63. The second kappa shape index (κ2) is 8.48. The SMILES string of the molecule is CN(Cc1ccc(-c2nc(C3CCCC3)cc(=O)[nH]2)cc1)Cc1ccccn1. The zero-order chi connectivity index (χ0) is 19.3. The van der Waals surface area contributed by atoms with E-state index in [1.807, 2.05) is 36.5 Å². The Hall–Kier alpha value is -2.79. The van der Waals surface area contributed by atoms with Gasteiger partial charge in [-0.1, -0.05) is 43.2 Å². The zero-order valence-electron chi connectivity index (χ0n) is 16.3. The molecule has 1 fully saturated rings. The van der Waals surface area contributed by atoms with Gasteiger partial charge in [0.15, 0.2) is 0 Å². The first kappa shape index (κ1) is 18.6. The Labute approximate surface area is 165 Å². The van der Waals surface area contributed by atoms with Crippen LogP contribution in [0.1, 0.15) is 48.6 Å². The van der Waals surface area contributed by atoms with Gasteiger partial charge in [0.25, 0.3) is 5.56 Å². The minimum atomic E-state index is -0.0638. The quantitative estimate of drug-likeness (QED) is 0.705. The number of nitrogens with zero attached hydrogens (tertiary/aromatic N) is 3. The van der Waals surface area contributed by atoms with Crippen molar-refractivity contribution in [1.29, 1.82) is 0 Å². The second-order valence-corrected chi connectivity index (χ2v) is 7.69. The summed E-state index contributed by atoms with van der Waals surface area (Å²) >= 11 is 0. The first-order valence-corrected chi connectivity index (χ1v) is 9.96. The van der Waals surface area contributed by atoms with Gasteiger partial charge in [-0.05, 0) is 37.6 Å². The van der Waals surface area contributed by atoms with Crippen molar-refractivity contribution in [2.24, 2.45) is 0 Å². The van der Waals surface area contributed by atoms with Crippen LogP contribution in [0.2, 0.25) is 0 Å². The van der Waals surface area contributed by atoms with Crippen molar-refractivity contribution in [3.63, 3.8) is 0 Å². The molecule has 144 valence electrons. The lowest BCUT2D eigenvalue weighted by Gasteiger charge is -2.16. The first-order chi connectivity index (χ1) is 13.7. The Balaban J connectivity index is 1.46. The summed E-state index contributed by atoms with van der Waals surface area (Å²) in [5.74, 6) is 1.10. The number of hydrogen-bond donors (Lipinski definition) is 1. The van der Waals surface area contributed by atoms with E-state index in [-0.39, 0.29) is 5.56 Å². The van der Waals surface area contributed by atoms with Gasteiger partial charge in [-0.25, -0.2) is 4.98 Å². The van der Waals surface area contributed by atoms with Crippen LogP contribution in [0.5, 0.6) is 0 Å². The molecule has 5 heteroatoms. The molecular formula is C23H26N4O. The molecule has 2 aromatic heterocycles. The highest BCUT2D eigenvalue weighted by Crippen LogP contribution is 2.33. The van der Waals surface area contributed by atoms with Crippen LogP contribution in [0.3, 0.4) is 0 Å². The normalized spacial score (nSPS) is 14.6. The smallest absolute Gasteiger partial charge is 0.251 e. The van der Waals surface area contributed by atoms with Crippen molar-refractivity contribution in [2.75, 3.05) is 7.05 Å². The molecule has 0 atom stereocenters. The molecule has 1 aromatic carbocycles. The lowest BCUT2D eigenvalue weighted by atomic mass is 10.0. The summed E-state index contributed by atoms with van der Waals surface area (Å²) in [5.41, 5.74) is 4.11. The topological polar surface area (TPSA) is 61.9 Å². The van der Waals surface area contributed by atoms with Crippen molar-refractivity contribution in [3.8, 4) is 11.4 Å². The van der Waals surface area contributed by atoms with Crippen LogP contribution in [0.4, 0.5) is 0 Å². The van der Waals surface area contributed by atoms with Crippen LogP contribution < -0.4 is 5.56 Å². The minimum Gasteiger partial charge on any atom is -0.307 e. The lowest BCUT2D eigenvalue weighted by Crippen LogP contribution is -2.17. The summed E-state index contributed by atoms with van der Waals surface area (Å²) in [5, 5.41) is 0. The zero-order valence-corrected chi connectivity index (χ0v) is 16.3. The highest BCUT2D eigenvalue weighted by molar-refractivity contribution is 5.55. The van der Waals surface area contributed by atoms with E-state index in [0.717, 1.165) is 42.9 Å². The summed E-state index contributed by atoms with van der Waals surface area (Å²) in [6.45, 7) is 1.64. The Morgan fingerprint density at radius 1 is 1.07 bits per heavy atom. The van der Waals surface area contributed by atoms with Crippen LogP contribution >= 0.6 is 0 Å². The van der Waals surface area contributed by atoms with Crippen molar-refractivity contribution in [1.82, 2.24) is 19.9 Å². The number of aromatic amines is 1. The van der Waals surface area contributed by atoms with E-state index in [0.29, 0.717) is 11.7 Å². The van der Waals surface area contributed by atoms with E-state index >= 15 is 0 Å². The summed E-state index contributed by atoms with van der Waals surface area (Å²) in [6, 6.07) is 15.9. The van der Waals surface area contributed by atoms with E-state index in [1.54, 1.807) is 6.07 Å². The molecule has 2 heterocycles. The van der Waals surface area contributed by atoms with Crippen molar-refractivity contribution in [3.05, 3.63) is 82.0 Å². The molecule has 5 nitrogen and oxygen atoms in total. The number of nitrogens with one attached hydrogen (secondary N) is 1. The van der Waals surface area contributed by atoms with Gasteiger partial charge in [-0.3, -0.25) is 14.7 Å². The fourth-order valence-electron chi connectivity index (χ4n) is 3.95. The molecule has 1 saturated carbocycles. The van der Waals surface area contributed by atoms with Crippen molar-refractivity contribution < 1.29 is 0 Å². The molecule has 1 N–H and O–H groups in total. The lowest BCUT2D eigenvalue weighted by molar-refractivity contribution is 0.315. The van der Waals surface area contributed by atoms with Crippen LogP contribution in [0.25, 0.3) is 11.4 Å². The predicted molar refractivity (Wildman–Crippen MR) is 111 cm³/mol. The molecule has 1 aliphatic rings. The summed E-state index contributed by atoms with van der Waals surface area (Å²) < 4.78 is 0. The molecule has 3 aromatic rings. The standard InChI is InChI=1S/C23H26N4O/c1-27(16-20-8-4-5-13-24-20)15-17-9-11-19(12-10-17)23-25-21(14-22(28)26-23)18-6-2-3-7-18/h4-5,8-14,18H,2-3,6-7,15-16H2,1H3,(H,25,26,28). The average molecular weight is 374 g/mol. The maximum Gasteiger partial charge on any atom is 0.251 e. The number of benzene rings is 1.